The Morgan fingerprint density at radius 2 is 2.39 bits per heavy atom. The molecule has 2 rings (SSSR count). The van der Waals surface area contributed by atoms with Gasteiger partial charge in [0.1, 0.15) is 0 Å². The summed E-state index contributed by atoms with van der Waals surface area (Å²) in [5.74, 6) is -0.147. The number of aryl methyl sites for hydroxylation is 1. The Bertz CT molecular complexity index is 485. The van der Waals surface area contributed by atoms with Crippen LogP contribution in [-0.2, 0) is 4.74 Å². The molecule has 0 aliphatic carbocycles. The second kappa shape index (κ2) is 5.03. The van der Waals surface area contributed by atoms with Gasteiger partial charge in [0, 0.05) is 19.2 Å². The maximum absolute atomic E-state index is 12.2. The number of nitro groups is 1. The molecule has 1 aromatic heterocycles. The van der Waals surface area contributed by atoms with Crippen LogP contribution in [0.2, 0.25) is 0 Å². The lowest BCUT2D eigenvalue weighted by atomic mass is 10.2. The molecule has 1 saturated heterocycles. The van der Waals surface area contributed by atoms with Crippen molar-refractivity contribution in [3.05, 3.63) is 25.9 Å². The van der Waals surface area contributed by atoms with E-state index in [1.807, 2.05) is 6.92 Å². The van der Waals surface area contributed by atoms with Crippen LogP contribution < -0.4 is 0 Å². The van der Waals surface area contributed by atoms with Crippen LogP contribution in [0.15, 0.2) is 6.07 Å². The second-order valence-electron chi connectivity index (χ2n) is 4.24. The molecular formula is C11H14N2O4S. The van der Waals surface area contributed by atoms with Gasteiger partial charge in [-0.25, -0.2) is 0 Å². The van der Waals surface area contributed by atoms with Gasteiger partial charge in [-0.3, -0.25) is 14.9 Å². The van der Waals surface area contributed by atoms with Crippen LogP contribution in [0.3, 0.4) is 0 Å². The summed E-state index contributed by atoms with van der Waals surface area (Å²) in [4.78, 5) is 25.2. The first kappa shape index (κ1) is 13.0. The smallest absolute Gasteiger partial charge is 0.283 e. The molecule has 6 nitrogen and oxygen atoms in total. The van der Waals surface area contributed by atoms with E-state index in [1.54, 1.807) is 11.8 Å². The van der Waals surface area contributed by atoms with Crippen LogP contribution in [0.5, 0.6) is 0 Å². The van der Waals surface area contributed by atoms with Gasteiger partial charge < -0.3 is 9.64 Å². The molecule has 1 aliphatic heterocycles. The summed E-state index contributed by atoms with van der Waals surface area (Å²) >= 11 is 1.17. The van der Waals surface area contributed by atoms with E-state index in [9.17, 15) is 14.9 Å². The molecule has 7 heteroatoms. The third-order valence-corrected chi connectivity index (χ3v) is 3.86. The zero-order chi connectivity index (χ0) is 13.3. The van der Waals surface area contributed by atoms with Crippen LogP contribution in [0.1, 0.15) is 21.5 Å². The average Bonchev–Trinajstić information content (AvgIpc) is 2.70. The summed E-state index contributed by atoms with van der Waals surface area (Å²) in [6.07, 6.45) is 0.0127. The maximum atomic E-state index is 12.2. The molecule has 0 N–H and O–H groups in total. The Morgan fingerprint density at radius 1 is 1.67 bits per heavy atom. The molecule has 0 spiro atoms. The highest BCUT2D eigenvalue weighted by atomic mass is 32.1. The van der Waals surface area contributed by atoms with Crippen molar-refractivity contribution in [3.63, 3.8) is 0 Å². The first-order valence-electron chi connectivity index (χ1n) is 5.64. The van der Waals surface area contributed by atoms with Crippen LogP contribution in [0, 0.1) is 17.0 Å². The average molecular weight is 270 g/mol. The van der Waals surface area contributed by atoms with Gasteiger partial charge in [-0.05, 0) is 13.8 Å². The summed E-state index contributed by atoms with van der Waals surface area (Å²) in [6.45, 7) is 5.14. The van der Waals surface area contributed by atoms with E-state index in [1.165, 1.54) is 17.4 Å². The SMILES string of the molecule is Cc1sc(C(=O)N2CCOC(C)C2)cc1[N+](=O)[O-]. The van der Waals surface area contributed by atoms with Gasteiger partial charge in [-0.15, -0.1) is 11.3 Å². The fourth-order valence-corrected chi connectivity index (χ4v) is 2.87. The fourth-order valence-electron chi connectivity index (χ4n) is 1.92. The van der Waals surface area contributed by atoms with Crippen LogP contribution in [-0.4, -0.2) is 41.5 Å². The van der Waals surface area contributed by atoms with E-state index in [-0.39, 0.29) is 17.7 Å². The van der Waals surface area contributed by atoms with Crippen molar-refractivity contribution in [2.75, 3.05) is 19.7 Å². The summed E-state index contributed by atoms with van der Waals surface area (Å²) in [5, 5.41) is 10.8. The number of morpholine rings is 1. The minimum Gasteiger partial charge on any atom is -0.375 e. The van der Waals surface area contributed by atoms with Gasteiger partial charge in [0.2, 0.25) is 0 Å². The highest BCUT2D eigenvalue weighted by molar-refractivity contribution is 7.14. The molecule has 0 radical (unpaired) electrons. The van der Waals surface area contributed by atoms with Gasteiger partial charge in [0.05, 0.1) is 27.4 Å². The number of hydrogen-bond donors (Lipinski definition) is 0. The number of rotatable bonds is 2. The third-order valence-electron chi connectivity index (χ3n) is 2.83. The molecule has 1 amide bonds. The monoisotopic (exact) mass is 270 g/mol. The maximum Gasteiger partial charge on any atom is 0.283 e. The van der Waals surface area contributed by atoms with Gasteiger partial charge in [-0.1, -0.05) is 0 Å². The number of nitrogens with zero attached hydrogens (tertiary/aromatic N) is 2. The lowest BCUT2D eigenvalue weighted by Crippen LogP contribution is -2.44. The zero-order valence-electron chi connectivity index (χ0n) is 10.2. The van der Waals surface area contributed by atoms with Crippen molar-refractivity contribution in [2.45, 2.75) is 20.0 Å². The molecule has 2 heterocycles. The molecule has 1 aromatic rings. The van der Waals surface area contributed by atoms with Crippen molar-refractivity contribution >= 4 is 22.9 Å². The van der Waals surface area contributed by atoms with E-state index >= 15 is 0 Å². The minimum atomic E-state index is -0.454. The number of carbonyl (C=O) groups excluding carboxylic acids is 1. The molecule has 1 fully saturated rings. The molecule has 18 heavy (non-hydrogen) atoms. The molecule has 0 saturated carbocycles. The number of ether oxygens (including phenoxy) is 1. The van der Waals surface area contributed by atoms with Gasteiger partial charge in [0.25, 0.3) is 11.6 Å². The van der Waals surface area contributed by atoms with Gasteiger partial charge in [0.15, 0.2) is 0 Å². The Labute approximate surface area is 108 Å². The van der Waals surface area contributed by atoms with Crippen molar-refractivity contribution in [1.29, 1.82) is 0 Å². The highest BCUT2D eigenvalue weighted by Gasteiger charge is 2.26. The summed E-state index contributed by atoms with van der Waals surface area (Å²) in [6, 6.07) is 1.36. The quantitative estimate of drug-likeness (QED) is 0.607. The minimum absolute atomic E-state index is 0.0127. The van der Waals surface area contributed by atoms with E-state index in [2.05, 4.69) is 0 Å². The number of thiophene rings is 1. The topological polar surface area (TPSA) is 72.7 Å². The van der Waals surface area contributed by atoms with E-state index in [0.717, 1.165) is 0 Å². The molecule has 1 atom stereocenters. The van der Waals surface area contributed by atoms with E-state index in [0.29, 0.717) is 29.5 Å². The predicted octanol–water partition coefficient (Wildman–Crippen LogP) is 1.83. The van der Waals surface area contributed by atoms with Crippen LogP contribution in [0.4, 0.5) is 5.69 Å². The van der Waals surface area contributed by atoms with Crippen molar-refractivity contribution in [2.24, 2.45) is 0 Å². The molecule has 98 valence electrons. The van der Waals surface area contributed by atoms with Gasteiger partial charge >= 0.3 is 0 Å². The summed E-state index contributed by atoms with van der Waals surface area (Å²) in [5.41, 5.74) is 0.0182. The van der Waals surface area contributed by atoms with Crippen molar-refractivity contribution < 1.29 is 14.5 Å². The lowest BCUT2D eigenvalue weighted by molar-refractivity contribution is -0.385. The fraction of sp³-hybridized carbons (Fsp3) is 0.545. The Hall–Kier alpha value is -1.47. The van der Waals surface area contributed by atoms with E-state index < -0.39 is 4.92 Å². The first-order valence-corrected chi connectivity index (χ1v) is 6.46. The van der Waals surface area contributed by atoms with E-state index in [4.69, 9.17) is 4.74 Å². The lowest BCUT2D eigenvalue weighted by Gasteiger charge is -2.30. The largest absolute Gasteiger partial charge is 0.375 e. The summed E-state index contributed by atoms with van der Waals surface area (Å²) < 4.78 is 5.36. The molecule has 0 bridgehead atoms. The zero-order valence-corrected chi connectivity index (χ0v) is 11.0. The molecule has 1 unspecified atom stereocenters. The van der Waals surface area contributed by atoms with Crippen molar-refractivity contribution in [3.8, 4) is 0 Å². The van der Waals surface area contributed by atoms with Crippen molar-refractivity contribution in [1.82, 2.24) is 4.90 Å². The number of amides is 1. The second-order valence-corrected chi connectivity index (χ2v) is 5.50. The summed E-state index contributed by atoms with van der Waals surface area (Å²) in [7, 11) is 0. The van der Waals surface area contributed by atoms with Crippen LogP contribution >= 0.6 is 11.3 Å². The van der Waals surface area contributed by atoms with Crippen LogP contribution in [0.25, 0.3) is 0 Å². The molecule has 0 aromatic carbocycles. The predicted molar refractivity (Wildman–Crippen MR) is 67.0 cm³/mol. The Balaban J connectivity index is 2.18. The Morgan fingerprint density at radius 3 is 2.94 bits per heavy atom. The van der Waals surface area contributed by atoms with Gasteiger partial charge in [-0.2, -0.15) is 0 Å². The Kier molecular flexibility index (Phi) is 3.63. The normalized spacial score (nSPS) is 19.9. The standard InChI is InChI=1S/C11H14N2O4S/c1-7-6-12(3-4-17-7)11(14)10-5-9(13(15)16)8(2)18-10/h5,7H,3-4,6H2,1-2H3. The number of hydrogen-bond acceptors (Lipinski definition) is 5. The molecule has 1 aliphatic rings. The highest BCUT2D eigenvalue weighted by Crippen LogP contribution is 2.29. The molecular weight excluding hydrogens is 256 g/mol. The number of carbonyl (C=O) groups is 1. The third kappa shape index (κ3) is 2.51. The first-order chi connectivity index (χ1) is 8.49.